The van der Waals surface area contributed by atoms with Gasteiger partial charge in [0.15, 0.2) is 0 Å². The molecule has 0 aliphatic carbocycles. The maximum Gasteiger partial charge on any atom is 0.417 e. The molecule has 278 valence electrons. The van der Waals surface area contributed by atoms with Gasteiger partial charge in [-0.1, -0.05) is 13.8 Å². The highest BCUT2D eigenvalue weighted by atomic mass is 19.4. The average molecular weight is 730 g/mol. The van der Waals surface area contributed by atoms with Crippen LogP contribution in [0, 0.1) is 5.92 Å². The van der Waals surface area contributed by atoms with Crippen LogP contribution in [0.5, 0.6) is 0 Å². The second-order valence-electron chi connectivity index (χ2n) is 11.4. The van der Waals surface area contributed by atoms with E-state index in [0.29, 0.717) is 0 Å². The number of carbonyl (C=O) groups excluding carboxylic acids is 5. The Morgan fingerprint density at radius 3 is 1.80 bits per heavy atom. The summed E-state index contributed by atoms with van der Waals surface area (Å²) in [7, 11) is 0. The Hall–Kier alpha value is -6.02. The Labute approximate surface area is 285 Å². The molecule has 0 unspecified atom stereocenters. The lowest BCUT2D eigenvalue weighted by molar-refractivity contribution is -0.142. The van der Waals surface area contributed by atoms with Gasteiger partial charge in [0.2, 0.25) is 29.5 Å². The fraction of sp³-hybridized carbons (Fsp3) is 0.433. The smallest absolute Gasteiger partial charge is 0.417 e. The van der Waals surface area contributed by atoms with Crippen molar-refractivity contribution in [3.05, 3.63) is 40.2 Å². The molecule has 0 bridgehead atoms. The first-order chi connectivity index (χ1) is 23.6. The molecule has 0 saturated carbocycles. The van der Waals surface area contributed by atoms with Crippen LogP contribution in [0.1, 0.15) is 52.0 Å². The van der Waals surface area contributed by atoms with Gasteiger partial charge in [-0.05, 0) is 24.5 Å². The molecular formula is C30H34F3N5O13. The van der Waals surface area contributed by atoms with Crippen LogP contribution in [0.15, 0.2) is 33.5 Å². The van der Waals surface area contributed by atoms with E-state index in [1.165, 1.54) is 13.8 Å². The molecule has 5 amide bonds. The van der Waals surface area contributed by atoms with Crippen molar-refractivity contribution in [2.75, 3.05) is 5.32 Å². The molecule has 51 heavy (non-hydrogen) atoms. The first kappa shape index (κ1) is 41.2. The summed E-state index contributed by atoms with van der Waals surface area (Å²) in [5.41, 5.74) is -3.45. The Bertz CT molecular complexity index is 1740. The number of rotatable bonds is 17. The predicted molar refractivity (Wildman–Crippen MR) is 166 cm³/mol. The van der Waals surface area contributed by atoms with Crippen molar-refractivity contribution >= 4 is 64.1 Å². The summed E-state index contributed by atoms with van der Waals surface area (Å²) >= 11 is 0. The van der Waals surface area contributed by atoms with Crippen molar-refractivity contribution in [2.24, 2.45) is 5.92 Å². The highest BCUT2D eigenvalue weighted by Gasteiger charge is 2.35. The van der Waals surface area contributed by atoms with Gasteiger partial charge in [-0.25, -0.2) is 4.79 Å². The number of hydrogen-bond donors (Lipinski definition) is 8. The maximum atomic E-state index is 13.4. The van der Waals surface area contributed by atoms with Crippen LogP contribution in [0.4, 0.5) is 18.9 Å². The average Bonchev–Trinajstić information content (AvgIpc) is 2.98. The number of benzene rings is 1. The van der Waals surface area contributed by atoms with Crippen LogP contribution >= 0.6 is 0 Å². The molecule has 0 fully saturated rings. The fourth-order valence-corrected chi connectivity index (χ4v) is 4.58. The first-order valence-corrected chi connectivity index (χ1v) is 14.9. The van der Waals surface area contributed by atoms with Crippen molar-refractivity contribution in [3.63, 3.8) is 0 Å². The second kappa shape index (κ2) is 17.6. The lowest BCUT2D eigenvalue weighted by Gasteiger charge is -2.27. The summed E-state index contributed by atoms with van der Waals surface area (Å²) in [6.07, 6.45) is -8.08. The lowest BCUT2D eigenvalue weighted by atomic mass is 10.0. The van der Waals surface area contributed by atoms with Crippen molar-refractivity contribution < 1.29 is 71.3 Å². The third kappa shape index (κ3) is 12.7. The zero-order chi connectivity index (χ0) is 38.8. The normalized spacial score (nSPS) is 13.6. The van der Waals surface area contributed by atoms with Gasteiger partial charge in [0.05, 0.1) is 18.4 Å². The standard InChI is InChI=1S/C30H34F3N5O13/c1-12(2)25(38-26(47)17(6-7-21(40)41)36-28(49)18(10-22(42)43)34-13(3)39)29(50)37-19(11-23(44)45)27(48)35-14-4-5-15-16(30(31,32)33)9-24(46)51-20(15)8-14/h4-5,8-9,12,17-19,25H,6-7,10-11H2,1-3H3,(H,34,39)(H,35,48)(H,36,49)(H,37,50)(H,38,47)(H,40,41)(H,42,43)(H,44,45)/t17-,18-,19+,25-/m1/s1. The molecule has 0 aliphatic rings. The molecule has 8 N–H and O–H groups in total. The molecule has 1 aromatic carbocycles. The Balaban J connectivity index is 2.31. The zero-order valence-corrected chi connectivity index (χ0v) is 27.1. The van der Waals surface area contributed by atoms with Crippen molar-refractivity contribution in [1.82, 2.24) is 21.3 Å². The van der Waals surface area contributed by atoms with Crippen LogP contribution in [0.3, 0.4) is 0 Å². The maximum absolute atomic E-state index is 13.4. The van der Waals surface area contributed by atoms with Crippen molar-refractivity contribution in [2.45, 2.75) is 76.8 Å². The second-order valence-corrected chi connectivity index (χ2v) is 11.4. The molecular weight excluding hydrogens is 695 g/mol. The van der Waals surface area contributed by atoms with Crippen molar-refractivity contribution in [3.8, 4) is 0 Å². The summed E-state index contributed by atoms with van der Waals surface area (Å²) in [4.78, 5) is 110. The van der Waals surface area contributed by atoms with E-state index >= 15 is 0 Å². The third-order valence-electron chi connectivity index (χ3n) is 6.93. The van der Waals surface area contributed by atoms with Gasteiger partial charge in [-0.15, -0.1) is 0 Å². The SMILES string of the molecule is CC(=O)N[C@H](CC(=O)O)C(=O)N[C@H](CCC(=O)O)C(=O)N[C@@H](C(=O)N[C@@H](CC(=O)O)C(=O)Nc1ccc2c(C(F)(F)F)cc(=O)oc2c1)C(C)C. The summed E-state index contributed by atoms with van der Waals surface area (Å²) in [5.74, 6) is -10.6. The van der Waals surface area contributed by atoms with E-state index in [1.54, 1.807) is 0 Å². The molecule has 2 rings (SSSR count). The van der Waals surface area contributed by atoms with Gasteiger partial charge in [-0.3, -0.25) is 38.4 Å². The van der Waals surface area contributed by atoms with Gasteiger partial charge >= 0.3 is 29.7 Å². The van der Waals surface area contributed by atoms with Gasteiger partial charge in [0.25, 0.3) is 0 Å². The largest absolute Gasteiger partial charge is 0.481 e. The van der Waals surface area contributed by atoms with Crippen molar-refractivity contribution in [1.29, 1.82) is 0 Å². The summed E-state index contributed by atoms with van der Waals surface area (Å²) < 4.78 is 45.0. The summed E-state index contributed by atoms with van der Waals surface area (Å²) in [6, 6.07) is -3.73. The number of halogens is 3. The molecule has 2 aromatic rings. The zero-order valence-electron chi connectivity index (χ0n) is 27.1. The third-order valence-corrected chi connectivity index (χ3v) is 6.93. The number of anilines is 1. The molecule has 0 aliphatic heterocycles. The Morgan fingerprint density at radius 2 is 1.29 bits per heavy atom. The van der Waals surface area contributed by atoms with Gasteiger partial charge < -0.3 is 46.3 Å². The molecule has 1 heterocycles. The molecule has 0 saturated heterocycles. The number of alkyl halides is 3. The Morgan fingerprint density at radius 1 is 0.745 bits per heavy atom. The molecule has 18 nitrogen and oxygen atoms in total. The van der Waals surface area contributed by atoms with Gasteiger partial charge in [-0.2, -0.15) is 13.2 Å². The van der Waals surface area contributed by atoms with E-state index in [9.17, 15) is 61.4 Å². The van der Waals surface area contributed by atoms with Gasteiger partial charge in [0, 0.05) is 36.6 Å². The van der Waals surface area contributed by atoms with E-state index in [-0.39, 0.29) is 11.8 Å². The quantitative estimate of drug-likeness (QED) is 0.101. The number of nitrogens with one attached hydrogen (secondary N) is 5. The summed E-state index contributed by atoms with van der Waals surface area (Å²) in [6.45, 7) is 3.85. The van der Waals surface area contributed by atoms with Crippen LogP contribution in [-0.2, 0) is 44.5 Å². The minimum atomic E-state index is -4.92. The molecule has 4 atom stereocenters. The number of carboxylic acid groups (broad SMARTS) is 3. The highest BCUT2D eigenvalue weighted by molar-refractivity contribution is 6.01. The van der Waals surface area contributed by atoms with E-state index < -0.39 is 132 Å². The molecule has 1 aromatic heterocycles. The molecule has 0 radical (unpaired) electrons. The minimum Gasteiger partial charge on any atom is -0.481 e. The van der Waals surface area contributed by atoms with Gasteiger partial charge in [0.1, 0.15) is 29.8 Å². The molecule has 0 spiro atoms. The van der Waals surface area contributed by atoms with E-state index in [0.717, 1.165) is 25.1 Å². The number of fused-ring (bicyclic) bond motifs is 1. The summed E-state index contributed by atoms with van der Waals surface area (Å²) in [5, 5.41) is 38.0. The van der Waals surface area contributed by atoms with E-state index in [1.807, 2.05) is 0 Å². The lowest BCUT2D eigenvalue weighted by Crippen LogP contribution is -2.59. The van der Waals surface area contributed by atoms with Crippen LogP contribution in [0.2, 0.25) is 0 Å². The number of carbonyl (C=O) groups is 8. The van der Waals surface area contributed by atoms with E-state index in [2.05, 4.69) is 26.6 Å². The van der Waals surface area contributed by atoms with Crippen LogP contribution in [0.25, 0.3) is 11.0 Å². The number of carboxylic acids is 3. The minimum absolute atomic E-state index is 0.243. The first-order valence-electron chi connectivity index (χ1n) is 14.9. The topological polar surface area (TPSA) is 288 Å². The highest BCUT2D eigenvalue weighted by Crippen LogP contribution is 2.34. The Kier molecular flexibility index (Phi) is 14.2. The monoisotopic (exact) mass is 729 g/mol. The molecule has 21 heteroatoms. The number of hydrogen-bond acceptors (Lipinski definition) is 10. The van der Waals surface area contributed by atoms with Crippen LogP contribution in [-0.4, -0.2) is 86.9 Å². The number of amides is 5. The predicted octanol–water partition coefficient (Wildman–Crippen LogP) is 0.180. The van der Waals surface area contributed by atoms with Crippen LogP contribution < -0.4 is 32.2 Å². The fourth-order valence-electron chi connectivity index (χ4n) is 4.58. The number of aliphatic carboxylic acids is 3. The van der Waals surface area contributed by atoms with E-state index in [4.69, 9.17) is 14.6 Å².